The van der Waals surface area contributed by atoms with Crippen LogP contribution >= 0.6 is 15.9 Å². The number of rotatable bonds is 3. The van der Waals surface area contributed by atoms with Gasteiger partial charge in [0.05, 0.1) is 6.10 Å². The average molecular weight is 230 g/mol. The molecule has 0 spiro atoms. The van der Waals surface area contributed by atoms with Gasteiger partial charge in [-0.25, -0.2) is 0 Å². The largest absolute Gasteiger partial charge is 0.393 e. The molecule has 1 heterocycles. The Morgan fingerprint density at radius 3 is 2.92 bits per heavy atom. The van der Waals surface area contributed by atoms with Crippen LogP contribution in [0.25, 0.3) is 0 Å². The molecule has 0 aliphatic carbocycles. The van der Waals surface area contributed by atoms with Gasteiger partial charge in [0.2, 0.25) is 0 Å². The first kappa shape index (κ1) is 9.68. The van der Waals surface area contributed by atoms with Crippen molar-refractivity contribution in [3.05, 3.63) is 28.5 Å². The summed E-state index contributed by atoms with van der Waals surface area (Å²) in [5.41, 5.74) is 1.16. The van der Waals surface area contributed by atoms with E-state index in [2.05, 4.69) is 20.9 Å². The molecule has 1 N–H and O–H groups in total. The summed E-state index contributed by atoms with van der Waals surface area (Å²) in [6.07, 6.45) is 5.02. The van der Waals surface area contributed by atoms with Crippen LogP contribution in [0, 0.1) is 0 Å². The van der Waals surface area contributed by atoms with Crippen molar-refractivity contribution in [3.8, 4) is 0 Å². The molecular formula is C9H12BrNO. The van der Waals surface area contributed by atoms with E-state index in [-0.39, 0.29) is 6.10 Å². The van der Waals surface area contributed by atoms with Gasteiger partial charge >= 0.3 is 0 Å². The first-order valence-corrected chi connectivity index (χ1v) is 4.75. The van der Waals surface area contributed by atoms with Crippen LogP contribution in [0.3, 0.4) is 0 Å². The predicted molar refractivity (Wildman–Crippen MR) is 51.9 cm³/mol. The molecule has 0 unspecified atom stereocenters. The number of pyridine rings is 1. The lowest BCUT2D eigenvalue weighted by molar-refractivity contribution is 0.185. The number of halogens is 1. The molecule has 0 saturated carbocycles. The summed E-state index contributed by atoms with van der Waals surface area (Å²) < 4.78 is 0.991. The SMILES string of the molecule is C[C@@H](O)CCc1cncc(Br)c1. The highest BCUT2D eigenvalue weighted by atomic mass is 79.9. The van der Waals surface area contributed by atoms with Crippen LogP contribution in [0.2, 0.25) is 0 Å². The molecule has 2 nitrogen and oxygen atoms in total. The minimum absolute atomic E-state index is 0.232. The lowest BCUT2D eigenvalue weighted by Gasteiger charge is -2.03. The summed E-state index contributed by atoms with van der Waals surface area (Å²) in [7, 11) is 0. The molecule has 0 aromatic carbocycles. The normalized spacial score (nSPS) is 12.9. The van der Waals surface area contributed by atoms with Crippen LogP contribution in [-0.2, 0) is 6.42 Å². The van der Waals surface area contributed by atoms with E-state index < -0.39 is 0 Å². The van der Waals surface area contributed by atoms with Crippen molar-refractivity contribution in [3.63, 3.8) is 0 Å². The van der Waals surface area contributed by atoms with Crippen LogP contribution in [0.4, 0.5) is 0 Å². The van der Waals surface area contributed by atoms with Crippen molar-refractivity contribution in [2.45, 2.75) is 25.9 Å². The molecule has 3 heteroatoms. The van der Waals surface area contributed by atoms with Gasteiger partial charge in [-0.2, -0.15) is 0 Å². The molecule has 1 aromatic rings. The summed E-state index contributed by atoms with van der Waals surface area (Å²) in [6, 6.07) is 2.02. The Morgan fingerprint density at radius 2 is 2.33 bits per heavy atom. The molecule has 1 atom stereocenters. The highest BCUT2D eigenvalue weighted by Crippen LogP contribution is 2.11. The zero-order valence-corrected chi connectivity index (χ0v) is 8.58. The third-order valence-electron chi connectivity index (χ3n) is 1.61. The second-order valence-corrected chi connectivity index (χ2v) is 3.81. The molecular weight excluding hydrogens is 218 g/mol. The zero-order chi connectivity index (χ0) is 8.97. The van der Waals surface area contributed by atoms with Crippen molar-refractivity contribution in [2.75, 3.05) is 0 Å². The van der Waals surface area contributed by atoms with E-state index >= 15 is 0 Å². The third-order valence-corrected chi connectivity index (χ3v) is 2.05. The molecule has 0 aliphatic rings. The lowest BCUT2D eigenvalue weighted by atomic mass is 10.1. The van der Waals surface area contributed by atoms with Crippen LogP contribution in [0.1, 0.15) is 18.9 Å². The van der Waals surface area contributed by atoms with E-state index in [9.17, 15) is 0 Å². The number of aromatic nitrogens is 1. The lowest BCUT2D eigenvalue weighted by Crippen LogP contribution is -2.01. The van der Waals surface area contributed by atoms with E-state index in [1.54, 1.807) is 13.1 Å². The Kier molecular flexibility index (Phi) is 3.69. The Morgan fingerprint density at radius 1 is 1.58 bits per heavy atom. The molecule has 0 bridgehead atoms. The fourth-order valence-electron chi connectivity index (χ4n) is 0.968. The maximum absolute atomic E-state index is 9.05. The molecule has 0 amide bonds. The van der Waals surface area contributed by atoms with Gasteiger partial charge in [-0.15, -0.1) is 0 Å². The third kappa shape index (κ3) is 3.32. The van der Waals surface area contributed by atoms with Gasteiger partial charge in [0, 0.05) is 16.9 Å². The fraction of sp³-hybridized carbons (Fsp3) is 0.444. The van der Waals surface area contributed by atoms with Gasteiger partial charge in [0.25, 0.3) is 0 Å². The number of aliphatic hydroxyl groups excluding tert-OH is 1. The quantitative estimate of drug-likeness (QED) is 0.863. The number of nitrogens with zero attached hydrogens (tertiary/aromatic N) is 1. The second-order valence-electron chi connectivity index (χ2n) is 2.90. The van der Waals surface area contributed by atoms with Crippen molar-refractivity contribution in [1.82, 2.24) is 4.98 Å². The summed E-state index contributed by atoms with van der Waals surface area (Å²) in [6.45, 7) is 1.80. The predicted octanol–water partition coefficient (Wildman–Crippen LogP) is 2.16. The first-order chi connectivity index (χ1) is 5.68. The first-order valence-electron chi connectivity index (χ1n) is 3.96. The minimum Gasteiger partial charge on any atom is -0.393 e. The Labute approximate surface area is 80.8 Å². The van der Waals surface area contributed by atoms with Crippen LogP contribution in [0.15, 0.2) is 22.9 Å². The highest BCUT2D eigenvalue weighted by Gasteiger charge is 1.98. The van der Waals surface area contributed by atoms with Crippen LogP contribution in [-0.4, -0.2) is 16.2 Å². The summed E-state index contributed by atoms with van der Waals surface area (Å²) in [4.78, 5) is 4.03. The van der Waals surface area contributed by atoms with Crippen molar-refractivity contribution in [1.29, 1.82) is 0 Å². The van der Waals surface area contributed by atoms with Gasteiger partial charge in [-0.05, 0) is 47.3 Å². The zero-order valence-electron chi connectivity index (χ0n) is 7.00. The van der Waals surface area contributed by atoms with E-state index in [0.29, 0.717) is 0 Å². The standard InChI is InChI=1S/C9H12BrNO/c1-7(12)2-3-8-4-9(10)6-11-5-8/h4-7,12H,2-3H2,1H3/t7-/m1/s1. The monoisotopic (exact) mass is 229 g/mol. The number of hydrogen-bond donors (Lipinski definition) is 1. The molecule has 0 aliphatic heterocycles. The maximum Gasteiger partial charge on any atom is 0.0515 e. The Bertz CT molecular complexity index is 250. The van der Waals surface area contributed by atoms with Crippen molar-refractivity contribution in [2.24, 2.45) is 0 Å². The fourth-order valence-corrected chi connectivity index (χ4v) is 1.38. The molecule has 12 heavy (non-hydrogen) atoms. The van der Waals surface area contributed by atoms with E-state index in [0.717, 1.165) is 22.9 Å². The molecule has 0 saturated heterocycles. The van der Waals surface area contributed by atoms with Gasteiger partial charge < -0.3 is 5.11 Å². The number of aliphatic hydroxyl groups is 1. The molecule has 0 fully saturated rings. The molecule has 66 valence electrons. The average Bonchev–Trinajstić information content (AvgIpc) is 2.01. The summed E-state index contributed by atoms with van der Waals surface area (Å²) >= 11 is 3.34. The minimum atomic E-state index is -0.232. The van der Waals surface area contributed by atoms with Crippen LogP contribution in [0.5, 0.6) is 0 Å². The van der Waals surface area contributed by atoms with Crippen molar-refractivity contribution < 1.29 is 5.11 Å². The number of aryl methyl sites for hydroxylation is 1. The molecule has 1 aromatic heterocycles. The summed E-state index contributed by atoms with van der Waals surface area (Å²) in [5, 5.41) is 9.05. The van der Waals surface area contributed by atoms with Gasteiger partial charge in [-0.3, -0.25) is 4.98 Å². The van der Waals surface area contributed by atoms with Gasteiger partial charge in [0.1, 0.15) is 0 Å². The summed E-state index contributed by atoms with van der Waals surface area (Å²) in [5.74, 6) is 0. The van der Waals surface area contributed by atoms with Gasteiger partial charge in [-0.1, -0.05) is 0 Å². The van der Waals surface area contributed by atoms with E-state index in [1.807, 2.05) is 12.3 Å². The number of hydrogen-bond acceptors (Lipinski definition) is 2. The maximum atomic E-state index is 9.05. The van der Waals surface area contributed by atoms with Crippen molar-refractivity contribution >= 4 is 15.9 Å². The Hall–Kier alpha value is -0.410. The highest BCUT2D eigenvalue weighted by molar-refractivity contribution is 9.10. The molecule has 1 rings (SSSR count). The molecule has 0 radical (unpaired) electrons. The van der Waals surface area contributed by atoms with E-state index in [1.165, 1.54) is 0 Å². The van der Waals surface area contributed by atoms with Crippen LogP contribution < -0.4 is 0 Å². The smallest absolute Gasteiger partial charge is 0.0515 e. The van der Waals surface area contributed by atoms with Gasteiger partial charge in [0.15, 0.2) is 0 Å². The second kappa shape index (κ2) is 4.58. The topological polar surface area (TPSA) is 33.1 Å². The van der Waals surface area contributed by atoms with E-state index in [4.69, 9.17) is 5.11 Å². The Balaban J connectivity index is 2.52.